The Kier molecular flexibility index (Phi) is 4.71. The van der Waals surface area contributed by atoms with Gasteiger partial charge in [0.1, 0.15) is 5.75 Å². The number of hydrogen-bond acceptors (Lipinski definition) is 6. The standard InChI is InChI=1S/C13H16N4O3S/c1-2-20-7-3-4-9-10(5-7)21-13(16-9)17-12(19)8(14)6-11(15)18/h3-5,8H,2,6,14H2,1H3,(H2,15,18)(H,16,17,19). The van der Waals surface area contributed by atoms with Crippen molar-refractivity contribution in [2.24, 2.45) is 11.5 Å². The highest BCUT2D eigenvalue weighted by molar-refractivity contribution is 7.22. The summed E-state index contributed by atoms with van der Waals surface area (Å²) in [6.07, 6.45) is -0.203. The minimum Gasteiger partial charge on any atom is -0.494 e. The van der Waals surface area contributed by atoms with Crippen LogP contribution in [0.2, 0.25) is 0 Å². The third-order valence-electron chi connectivity index (χ3n) is 2.66. The summed E-state index contributed by atoms with van der Waals surface area (Å²) in [4.78, 5) is 26.8. The number of nitrogens with two attached hydrogens (primary N) is 2. The van der Waals surface area contributed by atoms with Crippen LogP contribution in [0.15, 0.2) is 18.2 Å². The van der Waals surface area contributed by atoms with Gasteiger partial charge in [-0.25, -0.2) is 4.98 Å². The molecule has 0 radical (unpaired) electrons. The highest BCUT2D eigenvalue weighted by Gasteiger charge is 2.17. The molecule has 0 saturated heterocycles. The van der Waals surface area contributed by atoms with Crippen molar-refractivity contribution in [3.05, 3.63) is 18.2 Å². The van der Waals surface area contributed by atoms with Crippen molar-refractivity contribution in [3.63, 3.8) is 0 Å². The third kappa shape index (κ3) is 3.89. The predicted molar refractivity (Wildman–Crippen MR) is 81.2 cm³/mol. The summed E-state index contributed by atoms with van der Waals surface area (Å²) in [5.41, 5.74) is 11.3. The van der Waals surface area contributed by atoms with Crippen LogP contribution in [0.4, 0.5) is 5.13 Å². The lowest BCUT2D eigenvalue weighted by Gasteiger charge is -2.07. The summed E-state index contributed by atoms with van der Waals surface area (Å²) >= 11 is 1.31. The Hall–Kier alpha value is -2.19. The van der Waals surface area contributed by atoms with Crippen molar-refractivity contribution in [1.82, 2.24) is 4.98 Å². The van der Waals surface area contributed by atoms with Crippen LogP contribution in [0.5, 0.6) is 5.75 Å². The van der Waals surface area contributed by atoms with E-state index >= 15 is 0 Å². The molecule has 0 saturated carbocycles. The van der Waals surface area contributed by atoms with E-state index in [1.54, 1.807) is 0 Å². The molecule has 0 aliphatic rings. The van der Waals surface area contributed by atoms with Crippen LogP contribution in [0, 0.1) is 0 Å². The minimum atomic E-state index is -0.978. The molecule has 2 aromatic rings. The molecule has 1 aromatic heterocycles. The van der Waals surface area contributed by atoms with Gasteiger partial charge in [-0.3, -0.25) is 9.59 Å². The van der Waals surface area contributed by atoms with E-state index in [1.165, 1.54) is 11.3 Å². The molecule has 1 heterocycles. The zero-order valence-corrected chi connectivity index (χ0v) is 12.3. The minimum absolute atomic E-state index is 0.203. The molecule has 1 aromatic carbocycles. The van der Waals surface area contributed by atoms with Gasteiger partial charge in [-0.1, -0.05) is 11.3 Å². The summed E-state index contributed by atoms with van der Waals surface area (Å²) in [6.45, 7) is 2.48. The second kappa shape index (κ2) is 6.51. The van der Waals surface area contributed by atoms with Gasteiger partial charge in [0.15, 0.2) is 5.13 Å². The molecule has 0 spiro atoms. The molecule has 8 heteroatoms. The number of carbonyl (C=O) groups excluding carboxylic acids is 2. The summed E-state index contributed by atoms with van der Waals surface area (Å²) in [5.74, 6) is -0.363. The van der Waals surface area contributed by atoms with Crippen molar-refractivity contribution < 1.29 is 14.3 Å². The van der Waals surface area contributed by atoms with Gasteiger partial charge >= 0.3 is 0 Å². The van der Waals surface area contributed by atoms with E-state index in [2.05, 4.69) is 10.3 Å². The molecular formula is C13H16N4O3S. The fourth-order valence-electron chi connectivity index (χ4n) is 1.72. The third-order valence-corrected chi connectivity index (χ3v) is 3.59. The number of ether oxygens (including phenoxy) is 1. The first-order valence-corrected chi connectivity index (χ1v) is 7.19. The van der Waals surface area contributed by atoms with Crippen LogP contribution in [0.1, 0.15) is 13.3 Å². The number of anilines is 1. The van der Waals surface area contributed by atoms with Gasteiger partial charge in [-0.15, -0.1) is 0 Å². The van der Waals surface area contributed by atoms with Crippen molar-refractivity contribution in [3.8, 4) is 5.75 Å². The molecule has 2 rings (SSSR count). The van der Waals surface area contributed by atoms with Crippen molar-refractivity contribution in [2.75, 3.05) is 11.9 Å². The molecule has 0 aliphatic heterocycles. The van der Waals surface area contributed by atoms with E-state index < -0.39 is 17.9 Å². The smallest absolute Gasteiger partial charge is 0.243 e. The van der Waals surface area contributed by atoms with Crippen LogP contribution in [0.25, 0.3) is 10.2 Å². The fourth-order valence-corrected chi connectivity index (χ4v) is 2.62. The van der Waals surface area contributed by atoms with E-state index in [4.69, 9.17) is 16.2 Å². The number of hydrogen-bond donors (Lipinski definition) is 3. The van der Waals surface area contributed by atoms with Gasteiger partial charge in [-0.05, 0) is 25.1 Å². The number of amides is 2. The van der Waals surface area contributed by atoms with Crippen LogP contribution in [-0.2, 0) is 9.59 Å². The molecule has 0 bridgehead atoms. The van der Waals surface area contributed by atoms with Crippen molar-refractivity contribution in [1.29, 1.82) is 0 Å². The van der Waals surface area contributed by atoms with Gasteiger partial charge in [0.05, 0.1) is 29.3 Å². The molecule has 2 amide bonds. The number of carbonyl (C=O) groups is 2. The molecule has 1 atom stereocenters. The first-order chi connectivity index (χ1) is 9.99. The van der Waals surface area contributed by atoms with Gasteiger partial charge in [-0.2, -0.15) is 0 Å². The van der Waals surface area contributed by atoms with Gasteiger partial charge in [0.25, 0.3) is 0 Å². The summed E-state index contributed by atoms with van der Waals surface area (Å²) in [5, 5.41) is 3.00. The summed E-state index contributed by atoms with van der Waals surface area (Å²) < 4.78 is 6.30. The molecule has 1 unspecified atom stereocenters. The van der Waals surface area contributed by atoms with E-state index in [1.807, 2.05) is 25.1 Å². The monoisotopic (exact) mass is 308 g/mol. The lowest BCUT2D eigenvalue weighted by atomic mass is 10.2. The van der Waals surface area contributed by atoms with Gasteiger partial charge in [0, 0.05) is 0 Å². The maximum atomic E-state index is 11.8. The number of fused-ring (bicyclic) bond motifs is 1. The van der Waals surface area contributed by atoms with Crippen molar-refractivity contribution >= 4 is 38.5 Å². The number of nitrogens with zero attached hydrogens (tertiary/aromatic N) is 1. The summed E-state index contributed by atoms with van der Waals surface area (Å²) in [6, 6.07) is 4.51. The van der Waals surface area contributed by atoms with Gasteiger partial charge in [0.2, 0.25) is 11.8 Å². The maximum absolute atomic E-state index is 11.8. The maximum Gasteiger partial charge on any atom is 0.243 e. The topological polar surface area (TPSA) is 120 Å². The average Bonchev–Trinajstić information content (AvgIpc) is 2.79. The summed E-state index contributed by atoms with van der Waals surface area (Å²) in [7, 11) is 0. The van der Waals surface area contributed by atoms with E-state index in [9.17, 15) is 9.59 Å². The Bertz CT molecular complexity index is 670. The van der Waals surface area contributed by atoms with Crippen LogP contribution >= 0.6 is 11.3 Å². The molecule has 5 N–H and O–H groups in total. The Labute approximate surface area is 125 Å². The molecule has 0 aliphatic carbocycles. The lowest BCUT2D eigenvalue weighted by molar-refractivity contribution is -0.123. The van der Waals surface area contributed by atoms with Crippen LogP contribution in [-0.4, -0.2) is 29.4 Å². The van der Waals surface area contributed by atoms with Crippen LogP contribution in [0.3, 0.4) is 0 Å². The zero-order valence-electron chi connectivity index (χ0n) is 11.5. The molecule has 7 nitrogen and oxygen atoms in total. The Morgan fingerprint density at radius 1 is 1.48 bits per heavy atom. The first-order valence-electron chi connectivity index (χ1n) is 6.37. The number of rotatable bonds is 6. The highest BCUT2D eigenvalue weighted by atomic mass is 32.1. The van der Waals surface area contributed by atoms with Crippen molar-refractivity contribution in [2.45, 2.75) is 19.4 Å². The Morgan fingerprint density at radius 3 is 2.90 bits per heavy atom. The number of nitrogens with one attached hydrogen (secondary N) is 1. The number of thiazole rings is 1. The number of aromatic nitrogens is 1. The molecule has 112 valence electrons. The Morgan fingerprint density at radius 2 is 2.24 bits per heavy atom. The quantitative estimate of drug-likeness (QED) is 0.730. The average molecular weight is 308 g/mol. The largest absolute Gasteiger partial charge is 0.494 e. The second-order valence-electron chi connectivity index (χ2n) is 4.35. The normalized spacial score (nSPS) is 12.1. The van der Waals surface area contributed by atoms with E-state index in [-0.39, 0.29) is 6.42 Å². The van der Waals surface area contributed by atoms with Crippen LogP contribution < -0.4 is 21.5 Å². The van der Waals surface area contributed by atoms with Gasteiger partial charge < -0.3 is 21.5 Å². The number of primary amides is 1. The molecule has 21 heavy (non-hydrogen) atoms. The number of benzene rings is 1. The zero-order chi connectivity index (χ0) is 15.4. The van der Waals surface area contributed by atoms with E-state index in [0.29, 0.717) is 11.7 Å². The SMILES string of the molecule is CCOc1ccc2nc(NC(=O)C(N)CC(N)=O)sc2c1. The predicted octanol–water partition coefficient (Wildman–Crippen LogP) is 0.836. The fraction of sp³-hybridized carbons (Fsp3) is 0.308. The lowest BCUT2D eigenvalue weighted by Crippen LogP contribution is -2.38. The molecular weight excluding hydrogens is 292 g/mol. The highest BCUT2D eigenvalue weighted by Crippen LogP contribution is 2.29. The first kappa shape index (κ1) is 15.2. The Balaban J connectivity index is 2.12. The second-order valence-corrected chi connectivity index (χ2v) is 5.38. The van der Waals surface area contributed by atoms with E-state index in [0.717, 1.165) is 16.0 Å². The molecule has 0 fully saturated rings.